The highest BCUT2D eigenvalue weighted by Gasteiger charge is 2.18. The first-order valence-electron chi connectivity index (χ1n) is 9.22. The van der Waals surface area contributed by atoms with Crippen LogP contribution in [0.4, 0.5) is 5.69 Å². The van der Waals surface area contributed by atoms with E-state index in [2.05, 4.69) is 21.0 Å². The van der Waals surface area contributed by atoms with E-state index in [4.69, 9.17) is 4.74 Å². The fraction of sp³-hybridized carbons (Fsp3) is 0.421. The van der Waals surface area contributed by atoms with Crippen LogP contribution in [0.3, 0.4) is 0 Å². The molecule has 2 aromatic rings. The quantitative estimate of drug-likeness (QED) is 0.652. The van der Waals surface area contributed by atoms with Crippen LogP contribution in [0, 0.1) is 0 Å². The fourth-order valence-electron chi connectivity index (χ4n) is 2.98. The monoisotopic (exact) mass is 407 g/mol. The van der Waals surface area contributed by atoms with E-state index < -0.39 is 0 Å². The van der Waals surface area contributed by atoms with Gasteiger partial charge in [-0.05, 0) is 44.5 Å². The molecule has 8 nitrogen and oxygen atoms in total. The maximum Gasteiger partial charge on any atom is 0.276 e. The summed E-state index contributed by atoms with van der Waals surface area (Å²) in [5, 5.41) is 13.2. The Morgan fingerprint density at radius 3 is 2.96 bits per heavy atom. The number of carbonyl (C=O) groups excluding carboxylic acids is 2. The zero-order valence-electron chi connectivity index (χ0n) is 15.8. The van der Waals surface area contributed by atoms with Crippen molar-refractivity contribution in [2.24, 2.45) is 0 Å². The number of piperidine rings is 1. The molecule has 152 valence electrons. The van der Waals surface area contributed by atoms with Gasteiger partial charge in [0, 0.05) is 31.0 Å². The number of amides is 2. The van der Waals surface area contributed by atoms with Gasteiger partial charge in [0.05, 0.1) is 6.04 Å². The summed E-state index contributed by atoms with van der Waals surface area (Å²) in [6.07, 6.45) is 4.01. The molecule has 9 heteroatoms. The molecule has 0 saturated carbocycles. The van der Waals surface area contributed by atoms with Gasteiger partial charge in [0.25, 0.3) is 11.8 Å². The Bertz CT molecular complexity index is 789. The molecule has 0 spiro atoms. The second-order valence-electron chi connectivity index (χ2n) is 6.41. The lowest BCUT2D eigenvalue weighted by molar-refractivity contribution is -0.122. The highest BCUT2D eigenvalue weighted by molar-refractivity contribution is 6.02. The van der Waals surface area contributed by atoms with Crippen molar-refractivity contribution < 1.29 is 14.3 Å². The average molecular weight is 408 g/mol. The first-order chi connectivity index (χ1) is 13.2. The van der Waals surface area contributed by atoms with Crippen LogP contribution in [-0.2, 0) is 4.79 Å². The fourth-order valence-corrected chi connectivity index (χ4v) is 2.98. The van der Waals surface area contributed by atoms with Gasteiger partial charge in [-0.15, -0.1) is 12.4 Å². The van der Waals surface area contributed by atoms with E-state index in [0.29, 0.717) is 23.7 Å². The molecule has 3 N–H and O–H groups in total. The Labute approximate surface area is 170 Å². The number of likely N-dealkylation sites (N-methyl/N-ethyl adjacent to an activating group) is 1. The van der Waals surface area contributed by atoms with Crippen LogP contribution >= 0.6 is 12.4 Å². The molecule has 1 saturated heterocycles. The normalized spacial score (nSPS) is 16.0. The summed E-state index contributed by atoms with van der Waals surface area (Å²) in [5.74, 6) is 0.0472. The minimum Gasteiger partial charge on any atom is -0.484 e. The topological polar surface area (TPSA) is 97.3 Å². The van der Waals surface area contributed by atoms with Crippen molar-refractivity contribution in [3.05, 3.63) is 42.2 Å². The van der Waals surface area contributed by atoms with Gasteiger partial charge in [-0.1, -0.05) is 6.07 Å². The van der Waals surface area contributed by atoms with Crippen molar-refractivity contribution in [3.8, 4) is 5.75 Å². The number of aromatic nitrogens is 2. The number of hydrogen-bond acceptors (Lipinski definition) is 5. The second-order valence-corrected chi connectivity index (χ2v) is 6.41. The minimum absolute atomic E-state index is 0. The van der Waals surface area contributed by atoms with E-state index in [9.17, 15) is 9.59 Å². The first-order valence-corrected chi connectivity index (χ1v) is 9.22. The Kier molecular flexibility index (Phi) is 8.28. The molecule has 1 fully saturated rings. The maximum absolute atomic E-state index is 12.5. The van der Waals surface area contributed by atoms with E-state index in [-0.39, 0.29) is 36.9 Å². The largest absolute Gasteiger partial charge is 0.484 e. The van der Waals surface area contributed by atoms with Crippen molar-refractivity contribution in [1.29, 1.82) is 0 Å². The molecule has 2 heterocycles. The molecule has 1 unspecified atom stereocenters. The van der Waals surface area contributed by atoms with Gasteiger partial charge in [0.15, 0.2) is 12.3 Å². The summed E-state index contributed by atoms with van der Waals surface area (Å²) < 4.78 is 7.30. The van der Waals surface area contributed by atoms with Crippen LogP contribution in [0.2, 0.25) is 0 Å². The lowest BCUT2D eigenvalue weighted by Gasteiger charge is -2.22. The van der Waals surface area contributed by atoms with Gasteiger partial charge in [-0.2, -0.15) is 5.10 Å². The standard InChI is InChI=1S/C19H25N5O3.ClH/c1-2-21-18(25)13-27-16-7-3-5-14(11-16)22-19(26)17-8-10-24(23-17)15-6-4-9-20-12-15;/h3,5,7-8,10-11,15,20H,2,4,6,9,12-13H2,1H3,(H,21,25)(H,22,26);1H. The van der Waals surface area contributed by atoms with Crippen molar-refractivity contribution in [2.75, 3.05) is 31.6 Å². The van der Waals surface area contributed by atoms with Crippen LogP contribution < -0.4 is 20.7 Å². The average Bonchev–Trinajstić information content (AvgIpc) is 3.18. The lowest BCUT2D eigenvalue weighted by Crippen LogP contribution is -2.32. The van der Waals surface area contributed by atoms with E-state index in [1.165, 1.54) is 0 Å². The third-order valence-electron chi connectivity index (χ3n) is 4.32. The molecule has 0 radical (unpaired) electrons. The number of nitrogens with zero attached hydrogens (tertiary/aromatic N) is 2. The van der Waals surface area contributed by atoms with Gasteiger partial charge >= 0.3 is 0 Å². The molecule has 28 heavy (non-hydrogen) atoms. The summed E-state index contributed by atoms with van der Waals surface area (Å²) in [4.78, 5) is 23.9. The number of carbonyl (C=O) groups is 2. The third kappa shape index (κ3) is 5.97. The summed E-state index contributed by atoms with van der Waals surface area (Å²) in [7, 11) is 0. The Hall–Kier alpha value is -2.58. The van der Waals surface area contributed by atoms with Gasteiger partial charge < -0.3 is 20.7 Å². The minimum atomic E-state index is -0.279. The molecule has 2 amide bonds. The first kappa shape index (κ1) is 21.7. The third-order valence-corrected chi connectivity index (χ3v) is 4.32. The molecule has 1 aromatic heterocycles. The van der Waals surface area contributed by atoms with E-state index in [0.717, 1.165) is 25.9 Å². The molecule has 0 bridgehead atoms. The SMILES string of the molecule is CCNC(=O)COc1cccc(NC(=O)c2ccn(C3CCCNC3)n2)c1.Cl. The molecule has 0 aliphatic carbocycles. The van der Waals surface area contributed by atoms with E-state index in [1.807, 2.05) is 17.8 Å². The number of ether oxygens (including phenoxy) is 1. The summed E-state index contributed by atoms with van der Waals surface area (Å²) in [5.41, 5.74) is 0.955. The number of hydrogen-bond donors (Lipinski definition) is 3. The molecular weight excluding hydrogens is 382 g/mol. The van der Waals surface area contributed by atoms with Crippen LogP contribution in [0.25, 0.3) is 0 Å². The van der Waals surface area contributed by atoms with Gasteiger partial charge in [-0.25, -0.2) is 0 Å². The number of halogens is 1. The summed E-state index contributed by atoms with van der Waals surface area (Å²) in [6.45, 7) is 4.24. The zero-order valence-corrected chi connectivity index (χ0v) is 16.6. The highest BCUT2D eigenvalue weighted by atomic mass is 35.5. The summed E-state index contributed by atoms with van der Waals surface area (Å²) in [6, 6.07) is 8.94. The highest BCUT2D eigenvalue weighted by Crippen LogP contribution is 2.19. The van der Waals surface area contributed by atoms with Crippen molar-refractivity contribution in [1.82, 2.24) is 20.4 Å². The Morgan fingerprint density at radius 2 is 2.21 bits per heavy atom. The molecule has 3 rings (SSSR count). The molecule has 1 atom stereocenters. The van der Waals surface area contributed by atoms with Gasteiger partial charge in [0.1, 0.15) is 5.75 Å². The van der Waals surface area contributed by atoms with Crippen LogP contribution in [0.15, 0.2) is 36.5 Å². The zero-order chi connectivity index (χ0) is 19.1. The smallest absolute Gasteiger partial charge is 0.276 e. The molecular formula is C19H26ClN5O3. The van der Waals surface area contributed by atoms with Gasteiger partial charge in [-0.3, -0.25) is 14.3 Å². The molecule has 1 aliphatic rings. The van der Waals surface area contributed by atoms with Crippen LogP contribution in [-0.4, -0.2) is 47.8 Å². The van der Waals surface area contributed by atoms with E-state index >= 15 is 0 Å². The number of rotatable bonds is 7. The van der Waals surface area contributed by atoms with Crippen molar-refractivity contribution in [3.63, 3.8) is 0 Å². The number of anilines is 1. The second kappa shape index (κ2) is 10.7. The lowest BCUT2D eigenvalue weighted by atomic mass is 10.1. The Morgan fingerprint density at radius 1 is 1.36 bits per heavy atom. The predicted molar refractivity (Wildman–Crippen MR) is 109 cm³/mol. The molecule has 1 aromatic carbocycles. The van der Waals surface area contributed by atoms with Crippen LogP contribution in [0.5, 0.6) is 5.75 Å². The number of benzene rings is 1. The van der Waals surface area contributed by atoms with E-state index in [1.54, 1.807) is 30.3 Å². The van der Waals surface area contributed by atoms with Crippen LogP contribution in [0.1, 0.15) is 36.3 Å². The van der Waals surface area contributed by atoms with Crippen molar-refractivity contribution in [2.45, 2.75) is 25.8 Å². The van der Waals surface area contributed by atoms with Crippen molar-refractivity contribution >= 4 is 29.9 Å². The molecule has 1 aliphatic heterocycles. The predicted octanol–water partition coefficient (Wildman–Crippen LogP) is 2.00. The Balaban J connectivity index is 0.00000280. The van der Waals surface area contributed by atoms with Gasteiger partial charge in [0.2, 0.25) is 0 Å². The summed E-state index contributed by atoms with van der Waals surface area (Å²) >= 11 is 0. The number of nitrogens with one attached hydrogen (secondary N) is 3. The maximum atomic E-state index is 12.5.